The molecule has 0 fully saturated rings. The van der Waals surface area contributed by atoms with Gasteiger partial charge in [0.25, 0.3) is 0 Å². The van der Waals surface area contributed by atoms with Crippen LogP contribution < -0.4 is 10.6 Å². The lowest BCUT2D eigenvalue weighted by atomic mass is 10.3. The number of rotatable bonds is 6. The van der Waals surface area contributed by atoms with Gasteiger partial charge in [-0.25, -0.2) is 0 Å². The number of amides is 1. The summed E-state index contributed by atoms with van der Waals surface area (Å²) in [4.78, 5) is 11.2. The van der Waals surface area contributed by atoms with E-state index in [4.69, 9.17) is 4.52 Å². The number of nitrogens with one attached hydrogen (secondary N) is 2. The molecule has 0 saturated heterocycles. The Labute approximate surface area is 89.2 Å². The molecule has 15 heavy (non-hydrogen) atoms. The highest BCUT2D eigenvalue weighted by molar-refractivity contribution is 5.76. The van der Waals surface area contributed by atoms with Crippen molar-refractivity contribution in [2.75, 3.05) is 6.54 Å². The predicted octanol–water partition coefficient (Wildman–Crippen LogP) is 0.679. The van der Waals surface area contributed by atoms with Gasteiger partial charge in [-0.2, -0.15) is 0 Å². The van der Waals surface area contributed by atoms with E-state index in [-0.39, 0.29) is 11.9 Å². The highest BCUT2D eigenvalue weighted by atomic mass is 16.5. The fourth-order valence-electron chi connectivity index (χ4n) is 1.14. The number of carbonyl (C=O) groups excluding carboxylic acids is 1. The SMILES string of the molecule is CC(C)NC(=O)CCNCc1ccno1. The first kappa shape index (κ1) is 11.7. The van der Waals surface area contributed by atoms with Crippen molar-refractivity contribution >= 4 is 5.91 Å². The second kappa shape index (κ2) is 6.19. The van der Waals surface area contributed by atoms with Gasteiger partial charge in [0.05, 0.1) is 12.7 Å². The van der Waals surface area contributed by atoms with E-state index in [1.165, 1.54) is 0 Å². The Morgan fingerprint density at radius 2 is 2.40 bits per heavy atom. The Bertz CT molecular complexity index is 283. The lowest BCUT2D eigenvalue weighted by Crippen LogP contribution is -2.32. The summed E-state index contributed by atoms with van der Waals surface area (Å²) in [5.41, 5.74) is 0. The molecule has 84 valence electrons. The van der Waals surface area contributed by atoms with Crippen LogP contribution in [0.1, 0.15) is 26.0 Å². The summed E-state index contributed by atoms with van der Waals surface area (Å²) in [6, 6.07) is 1.99. The van der Waals surface area contributed by atoms with Gasteiger partial charge in [0.2, 0.25) is 5.91 Å². The molecule has 2 N–H and O–H groups in total. The van der Waals surface area contributed by atoms with Crippen LogP contribution in [0.2, 0.25) is 0 Å². The summed E-state index contributed by atoms with van der Waals surface area (Å²) in [5.74, 6) is 0.842. The Balaban J connectivity index is 2.04. The molecule has 5 nitrogen and oxygen atoms in total. The summed E-state index contributed by atoms with van der Waals surface area (Å²) >= 11 is 0. The Morgan fingerprint density at radius 1 is 1.60 bits per heavy atom. The van der Waals surface area contributed by atoms with Gasteiger partial charge in [-0.15, -0.1) is 0 Å². The molecule has 0 aliphatic carbocycles. The number of carbonyl (C=O) groups is 1. The maximum Gasteiger partial charge on any atom is 0.221 e. The molecule has 0 atom stereocenters. The highest BCUT2D eigenvalue weighted by Crippen LogP contribution is 1.94. The average Bonchev–Trinajstić information content (AvgIpc) is 2.63. The molecular weight excluding hydrogens is 194 g/mol. The molecular formula is C10H17N3O2. The lowest BCUT2D eigenvalue weighted by Gasteiger charge is -2.07. The van der Waals surface area contributed by atoms with Crippen LogP contribution in [0.4, 0.5) is 0 Å². The normalized spacial score (nSPS) is 10.6. The second-order valence-electron chi connectivity index (χ2n) is 3.63. The first-order valence-electron chi connectivity index (χ1n) is 5.08. The van der Waals surface area contributed by atoms with E-state index in [0.29, 0.717) is 19.5 Å². The van der Waals surface area contributed by atoms with E-state index in [9.17, 15) is 4.79 Å². The molecule has 0 spiro atoms. The molecule has 0 bridgehead atoms. The zero-order valence-electron chi connectivity index (χ0n) is 9.12. The zero-order chi connectivity index (χ0) is 11.1. The predicted molar refractivity (Wildman–Crippen MR) is 56.1 cm³/mol. The molecule has 1 heterocycles. The van der Waals surface area contributed by atoms with Crippen LogP contribution in [0, 0.1) is 0 Å². The van der Waals surface area contributed by atoms with Crippen molar-refractivity contribution in [2.45, 2.75) is 32.9 Å². The average molecular weight is 211 g/mol. The van der Waals surface area contributed by atoms with Gasteiger partial charge in [-0.1, -0.05) is 5.16 Å². The molecule has 5 heteroatoms. The number of aromatic nitrogens is 1. The monoisotopic (exact) mass is 211 g/mol. The molecule has 1 aromatic rings. The third-order valence-electron chi connectivity index (χ3n) is 1.77. The lowest BCUT2D eigenvalue weighted by molar-refractivity contribution is -0.121. The topological polar surface area (TPSA) is 67.2 Å². The van der Waals surface area contributed by atoms with E-state index in [0.717, 1.165) is 5.76 Å². The third-order valence-corrected chi connectivity index (χ3v) is 1.77. The van der Waals surface area contributed by atoms with Crippen molar-refractivity contribution in [3.63, 3.8) is 0 Å². The van der Waals surface area contributed by atoms with E-state index in [2.05, 4.69) is 15.8 Å². The van der Waals surface area contributed by atoms with E-state index in [1.54, 1.807) is 12.3 Å². The maximum atomic E-state index is 11.2. The van der Waals surface area contributed by atoms with Crippen molar-refractivity contribution in [2.24, 2.45) is 0 Å². The van der Waals surface area contributed by atoms with Crippen molar-refractivity contribution < 1.29 is 9.32 Å². The number of hydrogen-bond donors (Lipinski definition) is 2. The van der Waals surface area contributed by atoms with Gasteiger partial charge in [0.1, 0.15) is 5.76 Å². The van der Waals surface area contributed by atoms with Crippen molar-refractivity contribution in [3.8, 4) is 0 Å². The summed E-state index contributed by atoms with van der Waals surface area (Å²) in [5, 5.41) is 9.50. The van der Waals surface area contributed by atoms with Gasteiger partial charge in [0, 0.05) is 25.1 Å². The maximum absolute atomic E-state index is 11.2. The van der Waals surface area contributed by atoms with Crippen LogP contribution in [0.15, 0.2) is 16.8 Å². The molecule has 0 aromatic carbocycles. The molecule has 0 aliphatic heterocycles. The number of hydrogen-bond acceptors (Lipinski definition) is 4. The van der Waals surface area contributed by atoms with Gasteiger partial charge in [-0.05, 0) is 13.8 Å². The fraction of sp³-hybridized carbons (Fsp3) is 0.600. The van der Waals surface area contributed by atoms with Crippen LogP contribution in [-0.4, -0.2) is 23.7 Å². The summed E-state index contributed by atoms with van der Waals surface area (Å²) in [6.45, 7) is 5.13. The van der Waals surface area contributed by atoms with Crippen LogP contribution in [-0.2, 0) is 11.3 Å². The van der Waals surface area contributed by atoms with Crippen LogP contribution >= 0.6 is 0 Å². The van der Waals surface area contributed by atoms with Crippen molar-refractivity contribution in [1.82, 2.24) is 15.8 Å². The second-order valence-corrected chi connectivity index (χ2v) is 3.63. The number of nitrogens with zero attached hydrogens (tertiary/aromatic N) is 1. The Kier molecular flexibility index (Phi) is 4.83. The van der Waals surface area contributed by atoms with Crippen LogP contribution in [0.25, 0.3) is 0 Å². The van der Waals surface area contributed by atoms with Crippen molar-refractivity contribution in [3.05, 3.63) is 18.0 Å². The summed E-state index contributed by atoms with van der Waals surface area (Å²) in [6.07, 6.45) is 2.08. The fourth-order valence-corrected chi connectivity index (χ4v) is 1.14. The molecule has 0 aliphatic rings. The Morgan fingerprint density at radius 3 is 3.00 bits per heavy atom. The molecule has 0 unspecified atom stereocenters. The summed E-state index contributed by atoms with van der Waals surface area (Å²) < 4.78 is 4.89. The largest absolute Gasteiger partial charge is 0.360 e. The minimum absolute atomic E-state index is 0.0649. The first-order chi connectivity index (χ1) is 7.18. The highest BCUT2D eigenvalue weighted by Gasteiger charge is 2.02. The van der Waals surface area contributed by atoms with Gasteiger partial charge >= 0.3 is 0 Å². The third kappa shape index (κ3) is 5.17. The van der Waals surface area contributed by atoms with Gasteiger partial charge < -0.3 is 15.2 Å². The van der Waals surface area contributed by atoms with E-state index in [1.807, 2.05) is 13.8 Å². The van der Waals surface area contributed by atoms with Gasteiger partial charge in [-0.3, -0.25) is 4.79 Å². The molecule has 1 rings (SSSR count). The van der Waals surface area contributed by atoms with E-state index < -0.39 is 0 Å². The standard InChI is InChI=1S/C10H17N3O2/c1-8(2)13-10(14)4-5-11-7-9-3-6-12-15-9/h3,6,8,11H,4-5,7H2,1-2H3,(H,13,14). The molecule has 1 amide bonds. The summed E-state index contributed by atoms with van der Waals surface area (Å²) in [7, 11) is 0. The quantitative estimate of drug-likeness (QED) is 0.679. The Hall–Kier alpha value is -1.36. The minimum Gasteiger partial charge on any atom is -0.360 e. The molecule has 0 radical (unpaired) electrons. The van der Waals surface area contributed by atoms with E-state index >= 15 is 0 Å². The molecule has 1 aromatic heterocycles. The molecule has 0 saturated carbocycles. The zero-order valence-corrected chi connectivity index (χ0v) is 9.12. The van der Waals surface area contributed by atoms with Crippen LogP contribution in [0.5, 0.6) is 0 Å². The van der Waals surface area contributed by atoms with Crippen LogP contribution in [0.3, 0.4) is 0 Å². The van der Waals surface area contributed by atoms with Gasteiger partial charge in [0.15, 0.2) is 0 Å². The van der Waals surface area contributed by atoms with Crippen molar-refractivity contribution in [1.29, 1.82) is 0 Å². The smallest absolute Gasteiger partial charge is 0.221 e. The minimum atomic E-state index is 0.0649. The first-order valence-corrected chi connectivity index (χ1v) is 5.08.